The van der Waals surface area contributed by atoms with E-state index in [1.807, 2.05) is 12.1 Å². The normalized spacial score (nSPS) is 11.4. The van der Waals surface area contributed by atoms with Crippen LogP contribution in [0.5, 0.6) is 5.75 Å². The molecule has 3 aromatic rings. The largest absolute Gasteiger partial charge is 0.497 e. The fourth-order valence-electron chi connectivity index (χ4n) is 2.81. The number of rotatable bonds is 8. The van der Waals surface area contributed by atoms with Crippen molar-refractivity contribution in [1.82, 2.24) is 4.98 Å². The molecule has 7 nitrogen and oxygen atoms in total. The second-order valence-corrected chi connectivity index (χ2v) is 8.12. The van der Waals surface area contributed by atoms with Gasteiger partial charge in [-0.1, -0.05) is 30.4 Å². The maximum atomic E-state index is 13.3. The highest BCUT2D eigenvalue weighted by atomic mass is 32.2. The van der Waals surface area contributed by atoms with Crippen LogP contribution in [0.1, 0.15) is 11.1 Å². The van der Waals surface area contributed by atoms with E-state index in [1.54, 1.807) is 48.8 Å². The lowest BCUT2D eigenvalue weighted by Gasteiger charge is -2.24. The average Bonchev–Trinajstić information content (AvgIpc) is 2.77. The number of nitrogens with zero attached hydrogens (tertiary/aromatic N) is 2. The van der Waals surface area contributed by atoms with E-state index in [2.05, 4.69) is 4.98 Å². The molecule has 0 radical (unpaired) electrons. The van der Waals surface area contributed by atoms with E-state index in [1.165, 1.54) is 31.4 Å². The van der Waals surface area contributed by atoms with Gasteiger partial charge in [0.2, 0.25) is 0 Å². The van der Waals surface area contributed by atoms with Crippen LogP contribution in [-0.2, 0) is 14.8 Å². The standard InChI is InChI=1S/C22H20N2O5S/c1-29-19-8-10-20(11-9-19)30(27,28)24(16-22(25)26)21-5-3-2-4-18(21)7-6-17-12-14-23-15-13-17/h2-15H,16H2,1H3,(H,25,26)/b7-6+. The molecular weight excluding hydrogens is 404 g/mol. The summed E-state index contributed by atoms with van der Waals surface area (Å²) in [7, 11) is -2.65. The van der Waals surface area contributed by atoms with Crippen molar-refractivity contribution in [2.75, 3.05) is 18.0 Å². The molecule has 154 valence electrons. The summed E-state index contributed by atoms with van der Waals surface area (Å²) in [5, 5.41) is 9.39. The molecule has 3 rings (SSSR count). The van der Waals surface area contributed by atoms with Gasteiger partial charge in [-0.05, 0) is 53.6 Å². The quantitative estimate of drug-likeness (QED) is 0.594. The van der Waals surface area contributed by atoms with Crippen molar-refractivity contribution in [3.05, 3.63) is 84.2 Å². The van der Waals surface area contributed by atoms with E-state index in [9.17, 15) is 18.3 Å². The van der Waals surface area contributed by atoms with Gasteiger partial charge in [0.05, 0.1) is 17.7 Å². The van der Waals surface area contributed by atoms with Gasteiger partial charge < -0.3 is 9.84 Å². The minimum Gasteiger partial charge on any atom is -0.497 e. The lowest BCUT2D eigenvalue weighted by atomic mass is 10.1. The number of hydrogen-bond donors (Lipinski definition) is 1. The van der Waals surface area contributed by atoms with E-state index in [4.69, 9.17) is 4.74 Å². The SMILES string of the molecule is COc1ccc(S(=O)(=O)N(CC(=O)O)c2ccccc2/C=C/c2ccncc2)cc1. The van der Waals surface area contributed by atoms with Gasteiger partial charge in [-0.3, -0.25) is 14.1 Å². The number of benzene rings is 2. The number of aromatic nitrogens is 1. The number of aliphatic carboxylic acids is 1. The van der Waals surface area contributed by atoms with E-state index in [0.29, 0.717) is 11.3 Å². The second kappa shape index (κ2) is 9.23. The zero-order valence-corrected chi connectivity index (χ0v) is 17.0. The molecule has 0 aliphatic rings. The Balaban J connectivity index is 2.06. The highest BCUT2D eigenvalue weighted by Gasteiger charge is 2.28. The summed E-state index contributed by atoms with van der Waals surface area (Å²) in [6.45, 7) is -0.714. The van der Waals surface area contributed by atoms with Gasteiger partial charge in [0.15, 0.2) is 0 Å². The fraction of sp³-hybridized carbons (Fsp3) is 0.0909. The van der Waals surface area contributed by atoms with Crippen LogP contribution in [0.15, 0.2) is 78.0 Å². The van der Waals surface area contributed by atoms with Crippen LogP contribution >= 0.6 is 0 Å². The van der Waals surface area contributed by atoms with Crippen LogP contribution < -0.4 is 9.04 Å². The molecule has 0 amide bonds. The predicted molar refractivity (Wildman–Crippen MR) is 115 cm³/mol. The number of anilines is 1. The van der Waals surface area contributed by atoms with Crippen LogP contribution in [0.4, 0.5) is 5.69 Å². The average molecular weight is 424 g/mol. The Morgan fingerprint density at radius 2 is 1.70 bits per heavy atom. The summed E-state index contributed by atoms with van der Waals surface area (Å²) in [6.07, 6.45) is 6.84. The van der Waals surface area contributed by atoms with Crippen molar-refractivity contribution in [3.63, 3.8) is 0 Å². The van der Waals surface area contributed by atoms with Gasteiger partial charge in [0, 0.05) is 12.4 Å². The summed E-state index contributed by atoms with van der Waals surface area (Å²) in [4.78, 5) is 15.4. The molecule has 30 heavy (non-hydrogen) atoms. The Bertz CT molecular complexity index is 1140. The van der Waals surface area contributed by atoms with Crippen molar-refractivity contribution in [1.29, 1.82) is 0 Å². The first-order valence-corrected chi connectivity index (χ1v) is 10.4. The second-order valence-electron chi connectivity index (χ2n) is 6.25. The minimum atomic E-state index is -4.13. The molecule has 0 spiro atoms. The summed E-state index contributed by atoms with van der Waals surface area (Å²) >= 11 is 0. The van der Waals surface area contributed by atoms with Gasteiger partial charge in [-0.2, -0.15) is 0 Å². The fourth-order valence-corrected chi connectivity index (χ4v) is 4.25. The van der Waals surface area contributed by atoms with Crippen molar-refractivity contribution < 1.29 is 23.1 Å². The molecule has 8 heteroatoms. The first-order chi connectivity index (χ1) is 14.4. The van der Waals surface area contributed by atoms with Crippen LogP contribution in [0, 0.1) is 0 Å². The van der Waals surface area contributed by atoms with Crippen molar-refractivity contribution in [3.8, 4) is 5.75 Å². The molecule has 1 heterocycles. The number of methoxy groups -OCH3 is 1. The number of ether oxygens (including phenoxy) is 1. The molecule has 0 fully saturated rings. The summed E-state index contributed by atoms with van der Waals surface area (Å²) < 4.78 is 32.5. The third kappa shape index (κ3) is 4.84. The summed E-state index contributed by atoms with van der Waals surface area (Å²) in [5.41, 5.74) is 1.70. The molecule has 0 bridgehead atoms. The lowest BCUT2D eigenvalue weighted by Crippen LogP contribution is -2.36. The Morgan fingerprint density at radius 1 is 1.03 bits per heavy atom. The van der Waals surface area contributed by atoms with Crippen LogP contribution in [0.2, 0.25) is 0 Å². The lowest BCUT2D eigenvalue weighted by molar-refractivity contribution is -0.135. The summed E-state index contributed by atoms with van der Waals surface area (Å²) in [5.74, 6) is -0.764. The molecule has 0 atom stereocenters. The molecule has 1 N–H and O–H groups in total. The van der Waals surface area contributed by atoms with Gasteiger partial charge in [0.25, 0.3) is 10.0 Å². The molecule has 0 aliphatic carbocycles. The molecule has 0 saturated heterocycles. The Hall–Kier alpha value is -3.65. The highest BCUT2D eigenvalue weighted by Crippen LogP contribution is 2.29. The number of carbonyl (C=O) groups is 1. The number of sulfonamides is 1. The maximum Gasteiger partial charge on any atom is 0.324 e. The van der Waals surface area contributed by atoms with Gasteiger partial charge in [0.1, 0.15) is 12.3 Å². The number of hydrogen-bond acceptors (Lipinski definition) is 5. The molecule has 2 aromatic carbocycles. The van der Waals surface area contributed by atoms with Gasteiger partial charge >= 0.3 is 5.97 Å². The van der Waals surface area contributed by atoms with Crippen LogP contribution in [-0.4, -0.2) is 38.1 Å². The Labute approximate surface area is 174 Å². The highest BCUT2D eigenvalue weighted by molar-refractivity contribution is 7.92. The topological polar surface area (TPSA) is 96.8 Å². The monoisotopic (exact) mass is 424 g/mol. The molecular formula is C22H20N2O5S. The van der Waals surface area contributed by atoms with E-state index < -0.39 is 22.5 Å². The predicted octanol–water partition coefficient (Wildman–Crippen LogP) is 3.54. The molecule has 0 saturated carbocycles. The zero-order valence-electron chi connectivity index (χ0n) is 16.2. The zero-order chi connectivity index (χ0) is 21.6. The van der Waals surface area contributed by atoms with Gasteiger partial charge in [-0.25, -0.2) is 8.42 Å². The molecule has 0 unspecified atom stereocenters. The Morgan fingerprint density at radius 3 is 2.33 bits per heavy atom. The first kappa shape index (κ1) is 21.1. The molecule has 0 aliphatic heterocycles. The van der Waals surface area contributed by atoms with Crippen LogP contribution in [0.3, 0.4) is 0 Å². The van der Waals surface area contributed by atoms with E-state index in [0.717, 1.165) is 9.87 Å². The molecule has 1 aromatic heterocycles. The van der Waals surface area contributed by atoms with Gasteiger partial charge in [-0.15, -0.1) is 0 Å². The smallest absolute Gasteiger partial charge is 0.324 e. The number of para-hydroxylation sites is 1. The third-order valence-corrected chi connectivity index (χ3v) is 6.07. The first-order valence-electron chi connectivity index (χ1n) is 8.97. The minimum absolute atomic E-state index is 0.0301. The number of pyridine rings is 1. The third-order valence-electron chi connectivity index (χ3n) is 4.29. The van der Waals surface area contributed by atoms with E-state index in [-0.39, 0.29) is 10.6 Å². The number of carboxylic acid groups (broad SMARTS) is 1. The van der Waals surface area contributed by atoms with Crippen molar-refractivity contribution >= 4 is 33.8 Å². The Kier molecular flexibility index (Phi) is 6.48. The van der Waals surface area contributed by atoms with Crippen LogP contribution in [0.25, 0.3) is 12.2 Å². The number of carboxylic acids is 1. The summed E-state index contributed by atoms with van der Waals surface area (Å²) in [6, 6.07) is 16.2. The van der Waals surface area contributed by atoms with E-state index >= 15 is 0 Å². The van der Waals surface area contributed by atoms with Crippen molar-refractivity contribution in [2.45, 2.75) is 4.90 Å². The van der Waals surface area contributed by atoms with Crippen molar-refractivity contribution in [2.24, 2.45) is 0 Å². The maximum absolute atomic E-state index is 13.3.